The lowest BCUT2D eigenvalue weighted by atomic mass is 9.92. The lowest BCUT2D eigenvalue weighted by Gasteiger charge is -2.20. The first-order valence-corrected chi connectivity index (χ1v) is 6.69. The van der Waals surface area contributed by atoms with Gasteiger partial charge in [0.25, 0.3) is 0 Å². The smallest absolute Gasteiger partial charge is 0.323 e. The van der Waals surface area contributed by atoms with Crippen LogP contribution in [-0.4, -0.2) is 28.1 Å². The van der Waals surface area contributed by atoms with Crippen molar-refractivity contribution in [3.8, 4) is 6.01 Å². The summed E-state index contributed by atoms with van der Waals surface area (Å²) >= 11 is 0. The number of nitrogens with two attached hydrogens (primary N) is 1. The molecule has 106 valence electrons. The van der Waals surface area contributed by atoms with Crippen molar-refractivity contribution in [3.63, 3.8) is 0 Å². The maximum atomic E-state index is 5.34. The quantitative estimate of drug-likeness (QED) is 0.507. The second-order valence-corrected chi connectivity index (χ2v) is 5.21. The first kappa shape index (κ1) is 13.8. The molecule has 1 aliphatic carbocycles. The highest BCUT2D eigenvalue weighted by molar-refractivity contribution is 5.35. The molecule has 1 heterocycles. The summed E-state index contributed by atoms with van der Waals surface area (Å²) in [4.78, 5) is 12.4. The molecular weight excluding hydrogens is 244 g/mol. The van der Waals surface area contributed by atoms with Crippen LogP contribution in [0.4, 0.5) is 11.9 Å². The van der Waals surface area contributed by atoms with Gasteiger partial charge in [0.1, 0.15) is 0 Å². The summed E-state index contributed by atoms with van der Waals surface area (Å²) in [5.74, 6) is 6.79. The topological polar surface area (TPSA) is 98.0 Å². The molecule has 1 aromatic rings. The first-order valence-electron chi connectivity index (χ1n) is 6.69. The van der Waals surface area contributed by atoms with Gasteiger partial charge in [-0.15, -0.1) is 0 Å². The maximum Gasteiger partial charge on any atom is 0.323 e. The zero-order valence-electron chi connectivity index (χ0n) is 11.7. The highest BCUT2D eigenvalue weighted by Gasteiger charge is 2.45. The van der Waals surface area contributed by atoms with Crippen LogP contribution in [0, 0.1) is 11.3 Å². The number of anilines is 2. The summed E-state index contributed by atoms with van der Waals surface area (Å²) in [7, 11) is 0. The molecule has 0 aromatic carbocycles. The van der Waals surface area contributed by atoms with Crippen LogP contribution in [-0.2, 0) is 0 Å². The minimum atomic E-state index is 0.280. The van der Waals surface area contributed by atoms with Gasteiger partial charge in [0.2, 0.25) is 11.9 Å². The van der Waals surface area contributed by atoms with E-state index in [1.54, 1.807) is 0 Å². The number of rotatable bonds is 7. The molecule has 1 saturated carbocycles. The number of ether oxygens (including phenoxy) is 1. The van der Waals surface area contributed by atoms with Crippen molar-refractivity contribution in [1.29, 1.82) is 0 Å². The Morgan fingerprint density at radius 1 is 1.26 bits per heavy atom. The molecule has 0 amide bonds. The van der Waals surface area contributed by atoms with Gasteiger partial charge in [-0.2, -0.15) is 15.0 Å². The van der Waals surface area contributed by atoms with Crippen molar-refractivity contribution in [2.45, 2.75) is 33.6 Å². The van der Waals surface area contributed by atoms with E-state index in [1.165, 1.54) is 12.8 Å². The predicted octanol–water partition coefficient (Wildman–Crippen LogP) is 1.40. The highest BCUT2D eigenvalue weighted by Crippen LogP contribution is 2.51. The summed E-state index contributed by atoms with van der Waals surface area (Å²) in [6.45, 7) is 7.75. The number of hydrazine groups is 1. The molecule has 1 aromatic heterocycles. The molecule has 19 heavy (non-hydrogen) atoms. The number of aromatic nitrogens is 3. The molecule has 0 atom stereocenters. The van der Waals surface area contributed by atoms with E-state index in [0.29, 0.717) is 29.8 Å². The Balaban J connectivity index is 2.05. The average Bonchev–Trinajstić information content (AvgIpc) is 3.18. The molecule has 2 rings (SSSR count). The van der Waals surface area contributed by atoms with Gasteiger partial charge < -0.3 is 10.1 Å². The highest BCUT2D eigenvalue weighted by atomic mass is 16.5. The van der Waals surface area contributed by atoms with Gasteiger partial charge in [-0.1, -0.05) is 13.8 Å². The third kappa shape index (κ3) is 3.23. The summed E-state index contributed by atoms with van der Waals surface area (Å²) in [6.07, 6.45) is 2.51. The molecule has 7 heteroatoms. The van der Waals surface area contributed by atoms with E-state index in [4.69, 9.17) is 10.6 Å². The van der Waals surface area contributed by atoms with Crippen molar-refractivity contribution >= 4 is 11.9 Å². The molecule has 1 aliphatic rings. The fourth-order valence-corrected chi connectivity index (χ4v) is 2.07. The molecule has 1 fully saturated rings. The molecule has 7 nitrogen and oxygen atoms in total. The van der Waals surface area contributed by atoms with Gasteiger partial charge in [0, 0.05) is 6.54 Å². The molecule has 0 aliphatic heterocycles. The summed E-state index contributed by atoms with van der Waals surface area (Å²) in [5, 5.41) is 3.26. The molecule has 0 bridgehead atoms. The first-order chi connectivity index (χ1) is 9.09. The third-order valence-electron chi connectivity index (χ3n) is 3.73. The lowest BCUT2D eigenvalue weighted by Crippen LogP contribution is -2.22. The normalized spacial score (nSPS) is 16.3. The molecule has 0 unspecified atom stereocenters. The average molecular weight is 266 g/mol. The fourth-order valence-electron chi connectivity index (χ4n) is 2.07. The Labute approximate surface area is 113 Å². The van der Waals surface area contributed by atoms with Gasteiger partial charge >= 0.3 is 6.01 Å². The van der Waals surface area contributed by atoms with E-state index in [9.17, 15) is 0 Å². The van der Waals surface area contributed by atoms with Gasteiger partial charge in [0.05, 0.1) is 6.61 Å². The number of nitrogen functional groups attached to an aromatic ring is 1. The zero-order chi connectivity index (χ0) is 13.9. The van der Waals surface area contributed by atoms with Crippen molar-refractivity contribution in [1.82, 2.24) is 15.0 Å². The summed E-state index contributed by atoms with van der Waals surface area (Å²) < 4.78 is 5.29. The summed E-state index contributed by atoms with van der Waals surface area (Å²) in [6, 6.07) is 0.280. The van der Waals surface area contributed by atoms with E-state index in [1.807, 2.05) is 6.92 Å². The van der Waals surface area contributed by atoms with Crippen LogP contribution in [0.15, 0.2) is 0 Å². The standard InChI is InChI=1S/C12H22N6O/c1-4-19-11-16-9(15-10(17-11)18-13)14-7-12(5-6-12)8(2)3/h8H,4-7,13H2,1-3H3,(H2,14,15,16,17,18). The number of hydrogen-bond acceptors (Lipinski definition) is 7. The molecule has 0 saturated heterocycles. The Morgan fingerprint density at radius 3 is 2.47 bits per heavy atom. The van der Waals surface area contributed by atoms with Gasteiger partial charge in [-0.25, -0.2) is 5.84 Å². The van der Waals surface area contributed by atoms with Gasteiger partial charge in [-0.05, 0) is 31.1 Å². The number of hydrogen-bond donors (Lipinski definition) is 3. The molecular formula is C12H22N6O. The van der Waals surface area contributed by atoms with Crippen molar-refractivity contribution in [2.75, 3.05) is 23.9 Å². The van der Waals surface area contributed by atoms with Crippen LogP contribution in [0.2, 0.25) is 0 Å². The predicted molar refractivity (Wildman–Crippen MR) is 73.8 cm³/mol. The Hall–Kier alpha value is -1.63. The number of nitrogens with zero attached hydrogens (tertiary/aromatic N) is 3. The van der Waals surface area contributed by atoms with Crippen LogP contribution in [0.5, 0.6) is 6.01 Å². The number of nitrogens with one attached hydrogen (secondary N) is 2. The summed E-state index contributed by atoms with van der Waals surface area (Å²) in [5.41, 5.74) is 2.80. The van der Waals surface area contributed by atoms with E-state index >= 15 is 0 Å². The van der Waals surface area contributed by atoms with Crippen LogP contribution in [0.1, 0.15) is 33.6 Å². The monoisotopic (exact) mass is 266 g/mol. The minimum Gasteiger partial charge on any atom is -0.464 e. The van der Waals surface area contributed by atoms with Gasteiger partial charge in [-0.3, -0.25) is 5.43 Å². The second-order valence-electron chi connectivity index (χ2n) is 5.21. The second kappa shape index (κ2) is 5.56. The Bertz CT molecular complexity index is 432. The van der Waals surface area contributed by atoms with Crippen molar-refractivity contribution in [2.24, 2.45) is 17.2 Å². The zero-order valence-corrected chi connectivity index (χ0v) is 11.7. The molecule has 0 radical (unpaired) electrons. The SMILES string of the molecule is CCOc1nc(NN)nc(NCC2(C(C)C)CC2)n1. The Morgan fingerprint density at radius 2 is 1.95 bits per heavy atom. The lowest BCUT2D eigenvalue weighted by molar-refractivity contribution is 0.312. The van der Waals surface area contributed by atoms with Crippen LogP contribution in [0.3, 0.4) is 0 Å². The fraction of sp³-hybridized carbons (Fsp3) is 0.750. The van der Waals surface area contributed by atoms with E-state index < -0.39 is 0 Å². The van der Waals surface area contributed by atoms with Crippen molar-refractivity contribution < 1.29 is 4.74 Å². The largest absolute Gasteiger partial charge is 0.464 e. The van der Waals surface area contributed by atoms with E-state index in [0.717, 1.165) is 6.54 Å². The van der Waals surface area contributed by atoms with Crippen LogP contribution < -0.4 is 21.3 Å². The van der Waals surface area contributed by atoms with Crippen LogP contribution >= 0.6 is 0 Å². The van der Waals surface area contributed by atoms with Crippen LogP contribution in [0.25, 0.3) is 0 Å². The third-order valence-corrected chi connectivity index (χ3v) is 3.73. The van der Waals surface area contributed by atoms with E-state index in [2.05, 4.69) is 39.5 Å². The Kier molecular flexibility index (Phi) is 4.04. The molecule has 4 N–H and O–H groups in total. The van der Waals surface area contributed by atoms with Crippen molar-refractivity contribution in [3.05, 3.63) is 0 Å². The minimum absolute atomic E-state index is 0.280. The van der Waals surface area contributed by atoms with E-state index in [-0.39, 0.29) is 6.01 Å². The maximum absolute atomic E-state index is 5.34. The molecule has 0 spiro atoms. The van der Waals surface area contributed by atoms with Gasteiger partial charge in [0.15, 0.2) is 0 Å².